The molecule has 0 bridgehead atoms. The number of ether oxygens (including phenoxy) is 13. The topological polar surface area (TPSA) is 642 Å². The number of amides is 12. The van der Waals surface area contributed by atoms with Gasteiger partial charge >= 0.3 is 18.3 Å². The number of likely N-dealkylation sites (tertiary alicyclic amines) is 1. The normalized spacial score (nSPS) is 23.6. The summed E-state index contributed by atoms with van der Waals surface area (Å²) in [6, 6.07) is -3.33. The molecule has 0 spiro atoms. The zero-order valence-corrected chi connectivity index (χ0v) is 83.0. The van der Waals surface area contributed by atoms with Gasteiger partial charge in [0.25, 0.3) is 0 Å². The molecule has 4 aliphatic heterocycles. The summed E-state index contributed by atoms with van der Waals surface area (Å²) < 4.78 is 73.2. The first-order valence-corrected chi connectivity index (χ1v) is 51.1. The Bertz CT molecular complexity index is 3190. The number of aliphatic hydroxyl groups is 9. The number of nitrogens with zero attached hydrogens (tertiary/aromatic N) is 1. The van der Waals surface area contributed by atoms with Gasteiger partial charge in [-0.25, -0.2) is 14.4 Å². The highest BCUT2D eigenvalue weighted by Crippen LogP contribution is 2.32. The van der Waals surface area contributed by atoms with Crippen molar-refractivity contribution < 1.29 is 165 Å². The average molecular weight is 2020 g/mol. The lowest BCUT2D eigenvalue weighted by Crippen LogP contribution is -2.64. The second-order valence-electron chi connectivity index (χ2n) is 34.8. The van der Waals surface area contributed by atoms with Crippen molar-refractivity contribution in [2.45, 2.75) is 335 Å². The minimum absolute atomic E-state index is 0.0183. The number of alkyl carbamates (subject to hydrolysis) is 3. The predicted molar refractivity (Wildman–Crippen MR) is 503 cm³/mol. The molecule has 0 aromatic heterocycles. The molecule has 4 saturated heterocycles. The largest absolute Gasteiger partial charge is 0.450 e. The molecule has 0 aliphatic carbocycles. The third kappa shape index (κ3) is 52.8. The summed E-state index contributed by atoms with van der Waals surface area (Å²) in [5.41, 5.74) is -1.01. The number of hydrogen-bond donors (Lipinski definition) is 20. The number of hydrogen-bond acceptors (Lipinski definition) is 36. The van der Waals surface area contributed by atoms with E-state index in [-0.39, 0.29) is 196 Å². The van der Waals surface area contributed by atoms with E-state index in [2.05, 4.69) is 65.4 Å². The van der Waals surface area contributed by atoms with Crippen LogP contribution in [-0.2, 0) is 105 Å². The van der Waals surface area contributed by atoms with Crippen LogP contribution in [0.1, 0.15) is 220 Å². The van der Waals surface area contributed by atoms with Gasteiger partial charge in [0.15, 0.2) is 18.9 Å². The molecular weight excluding hydrogens is 1860 g/mol. The van der Waals surface area contributed by atoms with Gasteiger partial charge in [0, 0.05) is 142 Å². The minimum Gasteiger partial charge on any atom is -0.450 e. The highest BCUT2D eigenvalue weighted by Gasteiger charge is 2.49. The van der Waals surface area contributed by atoms with Crippen LogP contribution in [0, 0.1) is 0 Å². The maximum absolute atomic E-state index is 14.1. The van der Waals surface area contributed by atoms with Crippen LogP contribution in [0.15, 0.2) is 0 Å². The van der Waals surface area contributed by atoms with Crippen LogP contribution in [0.3, 0.4) is 0 Å². The zero-order chi connectivity index (χ0) is 101. The second-order valence-corrected chi connectivity index (χ2v) is 37.7. The smallest absolute Gasteiger partial charge is 0.407 e. The van der Waals surface area contributed by atoms with Crippen molar-refractivity contribution in [3.8, 4) is 0 Å². The molecule has 12 amide bonds. The van der Waals surface area contributed by atoms with Gasteiger partial charge in [-0.05, 0) is 116 Å². The van der Waals surface area contributed by atoms with Gasteiger partial charge in [0.05, 0.1) is 105 Å². The fourth-order valence-corrected chi connectivity index (χ4v) is 18.0. The predicted octanol–water partition coefficient (Wildman–Crippen LogP) is -0.256. The fourth-order valence-electron chi connectivity index (χ4n) is 15.8. The molecule has 4 fully saturated rings. The van der Waals surface area contributed by atoms with Gasteiger partial charge in [-0.1, -0.05) is 67.0 Å². The maximum atomic E-state index is 14.1. The molecule has 138 heavy (non-hydrogen) atoms. The van der Waals surface area contributed by atoms with Gasteiger partial charge < -0.3 is 171 Å². The van der Waals surface area contributed by atoms with Gasteiger partial charge in [0.2, 0.25) is 53.2 Å². The maximum Gasteiger partial charge on any atom is 0.407 e. The molecule has 0 aromatic rings. The quantitative estimate of drug-likeness (QED) is 0.0212. The molecule has 16 unspecified atom stereocenters. The summed E-state index contributed by atoms with van der Waals surface area (Å²) in [4.78, 5) is 154. The van der Waals surface area contributed by atoms with Crippen LogP contribution in [0.25, 0.3) is 0 Å². The molecule has 4 aliphatic rings. The first-order chi connectivity index (χ1) is 66.4. The molecule has 18 atom stereocenters. The third-order valence-electron chi connectivity index (χ3n) is 23.3. The van der Waals surface area contributed by atoms with Gasteiger partial charge in [0.1, 0.15) is 73.1 Å². The summed E-state index contributed by atoms with van der Waals surface area (Å²) in [5.74, 6) is -1.88. The van der Waals surface area contributed by atoms with E-state index in [1.165, 1.54) is 20.8 Å². The number of carbonyl (C=O) groups is 12. The lowest BCUT2D eigenvalue weighted by Gasteiger charge is -2.42. The van der Waals surface area contributed by atoms with Crippen molar-refractivity contribution in [1.29, 1.82) is 0 Å². The van der Waals surface area contributed by atoms with Gasteiger partial charge in [-0.15, -0.1) is 0 Å². The zero-order valence-electron chi connectivity index (χ0n) is 81.4. The van der Waals surface area contributed by atoms with E-state index >= 15 is 0 Å². The van der Waals surface area contributed by atoms with Gasteiger partial charge in [-0.3, -0.25) is 43.2 Å². The summed E-state index contributed by atoms with van der Waals surface area (Å²) in [5, 5.41) is 122. The fraction of sp³-hybridized carbons (Fsp3) is 0.867. The lowest BCUT2D eigenvalue weighted by atomic mass is 9.83. The Morgan fingerprint density at radius 2 is 0.754 bits per heavy atom. The number of carbonyl (C=O) groups excluding carboxylic acids is 12. The van der Waals surface area contributed by atoms with E-state index in [1.807, 2.05) is 4.90 Å². The van der Waals surface area contributed by atoms with Crippen LogP contribution in [-0.4, -0.2) is 402 Å². The number of aliphatic hydroxyl groups excluding tert-OH is 9. The van der Waals surface area contributed by atoms with Crippen LogP contribution >= 0.6 is 21.6 Å². The molecular formula is C90H162N12O34S2. The van der Waals surface area contributed by atoms with Crippen molar-refractivity contribution in [2.24, 2.45) is 0 Å². The molecule has 0 radical (unpaired) electrons. The number of unbranched alkanes of at least 4 members (excludes halogenated alkanes) is 9. The molecule has 0 aromatic carbocycles. The highest BCUT2D eigenvalue weighted by molar-refractivity contribution is 8.76. The lowest BCUT2D eigenvalue weighted by molar-refractivity contribution is -0.270. The summed E-state index contributed by atoms with van der Waals surface area (Å²) >= 11 is 0. The molecule has 0 saturated carbocycles. The molecule has 4 rings (SSSR count). The van der Waals surface area contributed by atoms with Crippen molar-refractivity contribution in [1.82, 2.24) is 63.4 Å². The van der Waals surface area contributed by atoms with Crippen LogP contribution in [0.4, 0.5) is 14.4 Å². The van der Waals surface area contributed by atoms with Crippen LogP contribution in [0.2, 0.25) is 0 Å². The van der Waals surface area contributed by atoms with Crippen molar-refractivity contribution in [3.63, 3.8) is 0 Å². The minimum atomic E-state index is -1.46. The summed E-state index contributed by atoms with van der Waals surface area (Å²) in [7, 11) is 6.54. The molecule has 798 valence electrons. The SMILES string of the molecule is COC[C@H]1C[C@H](OC)CN1C(=O)CCCNC(=O)CCC(C)SSCCOCCOCCC(=O)NC(CCCOC(=O)NCCCCCCNC(=O)CCCOC1OC(CO)C(O)C(O)C1NC(C)=O)(CCCOC(=O)NCCCCCCNC(=O)CCCOC1OC(CO)C(O)C(O)C1NC(C)=O)CCCOC(=O)NCCCCCCNC(=O)CCCOC1OC(CO)C(O)C(O)C1NC(C)=O. The highest BCUT2D eigenvalue weighted by atomic mass is 33.1. The van der Waals surface area contributed by atoms with E-state index < -0.39 is 153 Å². The summed E-state index contributed by atoms with van der Waals surface area (Å²) in [6.07, 6.45) is -4.18. The second kappa shape index (κ2) is 74.0. The Kier molecular flexibility index (Phi) is 66.1. The Morgan fingerprint density at radius 1 is 0.399 bits per heavy atom. The van der Waals surface area contributed by atoms with Crippen molar-refractivity contribution >= 4 is 93.0 Å². The molecule has 4 heterocycles. The van der Waals surface area contributed by atoms with E-state index in [4.69, 9.17) is 61.6 Å². The Hall–Kier alpha value is -7.02. The number of rotatable bonds is 76. The van der Waals surface area contributed by atoms with Crippen molar-refractivity contribution in [2.75, 3.05) is 165 Å². The van der Waals surface area contributed by atoms with E-state index in [0.717, 1.165) is 44.9 Å². The van der Waals surface area contributed by atoms with E-state index in [9.17, 15) is 103 Å². The van der Waals surface area contributed by atoms with Gasteiger partial charge in [-0.2, -0.15) is 0 Å². The Morgan fingerprint density at radius 3 is 1.11 bits per heavy atom. The monoisotopic (exact) mass is 2020 g/mol. The number of methoxy groups -OCH3 is 2. The average Bonchev–Trinajstić information content (AvgIpc) is 1.12. The first kappa shape index (κ1) is 123. The van der Waals surface area contributed by atoms with E-state index in [1.54, 1.807) is 35.8 Å². The number of nitrogens with one attached hydrogen (secondary N) is 11. The van der Waals surface area contributed by atoms with Crippen LogP contribution in [0.5, 0.6) is 0 Å². The standard InChI is InChI=1S/C90H162N12O34S2/c1-60(30-31-72(112)94-42-19-29-74(114)102-55-65(125-6)54-64(102)59-124-5)138-137-53-52-127-51-50-126-49-32-73(113)101-90(33-23-46-131-87(121)95-39-16-10-7-13-36-91-69(109)26-20-43-128-84-75(98-61(2)106)81(118)78(115)66(56-103)134-84,34-24-47-132-88(122)96-40-17-11-8-14-37-92-70(110)27-21-44-129-85-76(99-62(3)107)82(119)79(116)67(57-104)135-85)35-25-48-133-89(123)97-41-18-12-9-15-38-93-71(111)28-22-45-130-86-77(100-63(4)108)83(120)80(117)68(58-105)136-86/h60,64-68,75-86,103-105,115-120H,7-59H2,1-6H3,(H,91,109)(H,92,110)(H,93,111)(H,94,112)(H,95,121)(H,96,122)(H,97,123)(H,98,106)(H,99,107)(H,100,108)(H,101,113)/t60?,64-,65+,66?,67?,68?,75?,76?,77?,78?,79?,80?,81?,82?,83?,84?,85?,86?,90?/m1/s1. The van der Waals surface area contributed by atoms with Crippen molar-refractivity contribution in [3.05, 3.63) is 0 Å². The van der Waals surface area contributed by atoms with E-state index in [0.29, 0.717) is 136 Å². The Labute approximate surface area is 817 Å². The Balaban J connectivity index is 1.28. The van der Waals surface area contributed by atoms with Crippen LogP contribution < -0.4 is 58.5 Å². The molecule has 48 heteroatoms. The summed E-state index contributed by atoms with van der Waals surface area (Å²) in [6.45, 7) is 8.31. The molecule has 20 N–H and O–H groups in total. The first-order valence-electron chi connectivity index (χ1n) is 48.8. The molecule has 46 nitrogen and oxygen atoms in total. The third-order valence-corrected chi connectivity index (χ3v) is 26.2.